The van der Waals surface area contributed by atoms with Crippen molar-refractivity contribution in [2.75, 3.05) is 39.5 Å². The number of rotatable bonds is 9. The molecule has 0 atom stereocenters. The van der Waals surface area contributed by atoms with Gasteiger partial charge in [0.05, 0.1) is 12.1 Å². The fraction of sp³-hybridized carbons (Fsp3) is 0.308. The highest BCUT2D eigenvalue weighted by Crippen LogP contribution is 2.22. The SMILES string of the molecule is CN(C)CCCNc1nc(CN(C)Cc2cccc3ccccc23)nc2ccccc12. The van der Waals surface area contributed by atoms with Crippen LogP contribution in [-0.4, -0.2) is 54.0 Å². The summed E-state index contributed by atoms with van der Waals surface area (Å²) in [5.41, 5.74) is 2.31. The van der Waals surface area contributed by atoms with Crippen molar-refractivity contribution in [3.05, 3.63) is 78.1 Å². The van der Waals surface area contributed by atoms with Crippen LogP contribution in [0, 0.1) is 0 Å². The van der Waals surface area contributed by atoms with Gasteiger partial charge < -0.3 is 10.2 Å². The Balaban J connectivity index is 1.52. The van der Waals surface area contributed by atoms with E-state index in [1.807, 2.05) is 12.1 Å². The summed E-state index contributed by atoms with van der Waals surface area (Å²) in [7, 11) is 6.33. The molecular weight excluding hydrogens is 382 g/mol. The second kappa shape index (κ2) is 9.86. The number of aromatic nitrogens is 2. The molecule has 0 saturated carbocycles. The van der Waals surface area contributed by atoms with Crippen LogP contribution in [0.5, 0.6) is 0 Å². The second-order valence-electron chi connectivity index (χ2n) is 8.40. The van der Waals surface area contributed by atoms with E-state index in [0.29, 0.717) is 6.54 Å². The van der Waals surface area contributed by atoms with Crippen molar-refractivity contribution in [3.8, 4) is 0 Å². The molecule has 3 aromatic carbocycles. The molecule has 0 radical (unpaired) electrons. The van der Waals surface area contributed by atoms with Gasteiger partial charge in [0.25, 0.3) is 0 Å². The van der Waals surface area contributed by atoms with Crippen molar-refractivity contribution in [1.82, 2.24) is 19.8 Å². The van der Waals surface area contributed by atoms with E-state index in [2.05, 4.69) is 90.9 Å². The Morgan fingerprint density at radius 2 is 1.52 bits per heavy atom. The van der Waals surface area contributed by atoms with Crippen LogP contribution in [-0.2, 0) is 13.1 Å². The zero-order chi connectivity index (χ0) is 21.6. The van der Waals surface area contributed by atoms with Crippen molar-refractivity contribution in [2.24, 2.45) is 0 Å². The van der Waals surface area contributed by atoms with Crippen LogP contribution in [0.2, 0.25) is 0 Å². The summed E-state index contributed by atoms with van der Waals surface area (Å²) in [6, 6.07) is 23.3. The van der Waals surface area contributed by atoms with Crippen molar-refractivity contribution in [2.45, 2.75) is 19.5 Å². The van der Waals surface area contributed by atoms with Gasteiger partial charge in [0.15, 0.2) is 0 Å². The smallest absolute Gasteiger partial charge is 0.145 e. The Hall–Kier alpha value is -3.02. The molecule has 0 aliphatic carbocycles. The second-order valence-corrected chi connectivity index (χ2v) is 8.40. The van der Waals surface area contributed by atoms with Gasteiger partial charge in [-0.25, -0.2) is 9.97 Å². The minimum absolute atomic E-state index is 0.695. The fourth-order valence-electron chi connectivity index (χ4n) is 3.95. The molecule has 4 aromatic rings. The number of anilines is 1. The number of nitrogens with zero attached hydrogens (tertiary/aromatic N) is 4. The lowest BCUT2D eigenvalue weighted by Gasteiger charge is -2.18. The summed E-state index contributed by atoms with van der Waals surface area (Å²) in [6.07, 6.45) is 1.07. The molecular formula is C26H31N5. The van der Waals surface area contributed by atoms with E-state index in [1.165, 1.54) is 16.3 Å². The molecule has 0 aliphatic heterocycles. The zero-order valence-corrected chi connectivity index (χ0v) is 18.7. The Labute approximate surface area is 184 Å². The minimum Gasteiger partial charge on any atom is -0.369 e. The normalized spacial score (nSPS) is 11.6. The Morgan fingerprint density at radius 1 is 0.774 bits per heavy atom. The predicted octanol–water partition coefficient (Wildman–Crippen LogP) is 4.78. The van der Waals surface area contributed by atoms with Crippen LogP contribution < -0.4 is 5.32 Å². The molecule has 0 unspecified atom stereocenters. The summed E-state index contributed by atoms with van der Waals surface area (Å²) in [6.45, 7) is 3.49. The predicted molar refractivity (Wildman–Crippen MR) is 130 cm³/mol. The van der Waals surface area contributed by atoms with Crippen LogP contribution in [0.3, 0.4) is 0 Å². The molecule has 31 heavy (non-hydrogen) atoms. The van der Waals surface area contributed by atoms with E-state index in [-0.39, 0.29) is 0 Å². The van der Waals surface area contributed by atoms with E-state index in [4.69, 9.17) is 9.97 Å². The molecule has 5 nitrogen and oxygen atoms in total. The van der Waals surface area contributed by atoms with Crippen LogP contribution in [0.4, 0.5) is 5.82 Å². The summed E-state index contributed by atoms with van der Waals surface area (Å²) < 4.78 is 0. The summed E-state index contributed by atoms with van der Waals surface area (Å²) in [5, 5.41) is 7.19. The molecule has 1 heterocycles. The largest absolute Gasteiger partial charge is 0.369 e. The van der Waals surface area contributed by atoms with E-state index in [9.17, 15) is 0 Å². The summed E-state index contributed by atoms with van der Waals surface area (Å²) in [5.74, 6) is 1.77. The Bertz CT molecular complexity index is 1150. The molecule has 5 heteroatoms. The monoisotopic (exact) mass is 413 g/mol. The molecule has 0 spiro atoms. The fourth-order valence-corrected chi connectivity index (χ4v) is 3.95. The number of fused-ring (bicyclic) bond motifs is 2. The lowest BCUT2D eigenvalue weighted by Crippen LogP contribution is -2.20. The number of hydrogen-bond donors (Lipinski definition) is 1. The topological polar surface area (TPSA) is 44.3 Å². The van der Waals surface area contributed by atoms with Gasteiger partial charge in [-0.3, -0.25) is 4.90 Å². The van der Waals surface area contributed by atoms with Crippen LogP contribution >= 0.6 is 0 Å². The van der Waals surface area contributed by atoms with Gasteiger partial charge in [-0.1, -0.05) is 54.6 Å². The van der Waals surface area contributed by atoms with Crippen molar-refractivity contribution in [3.63, 3.8) is 0 Å². The highest BCUT2D eigenvalue weighted by Gasteiger charge is 2.11. The summed E-state index contributed by atoms with van der Waals surface area (Å²) >= 11 is 0. The standard InChI is InChI=1S/C26H31N5/c1-30(2)17-9-16-27-26-23-14-6-7-15-24(23)28-25(29-26)19-31(3)18-21-12-8-11-20-10-4-5-13-22(20)21/h4-8,10-15H,9,16-19H2,1-3H3,(H,27,28,29). The highest BCUT2D eigenvalue weighted by molar-refractivity contribution is 5.89. The van der Waals surface area contributed by atoms with Crippen LogP contribution in [0.25, 0.3) is 21.7 Å². The first-order chi connectivity index (χ1) is 15.1. The third-order valence-electron chi connectivity index (χ3n) is 5.46. The van der Waals surface area contributed by atoms with E-state index >= 15 is 0 Å². The maximum Gasteiger partial charge on any atom is 0.145 e. The minimum atomic E-state index is 0.695. The van der Waals surface area contributed by atoms with Crippen molar-refractivity contribution >= 4 is 27.5 Å². The van der Waals surface area contributed by atoms with Gasteiger partial charge in [0, 0.05) is 18.5 Å². The van der Waals surface area contributed by atoms with E-state index < -0.39 is 0 Å². The average Bonchev–Trinajstić information content (AvgIpc) is 2.76. The Kier molecular flexibility index (Phi) is 6.75. The van der Waals surface area contributed by atoms with Gasteiger partial charge in [0.2, 0.25) is 0 Å². The molecule has 0 aliphatic rings. The molecule has 0 amide bonds. The first-order valence-corrected chi connectivity index (χ1v) is 10.9. The highest BCUT2D eigenvalue weighted by atomic mass is 15.1. The number of para-hydroxylation sites is 1. The van der Waals surface area contributed by atoms with Crippen LogP contribution in [0.1, 0.15) is 17.8 Å². The quantitative estimate of drug-likeness (QED) is 0.400. The molecule has 0 saturated heterocycles. The van der Waals surface area contributed by atoms with E-state index in [0.717, 1.165) is 48.6 Å². The van der Waals surface area contributed by atoms with Crippen LogP contribution in [0.15, 0.2) is 66.7 Å². The van der Waals surface area contributed by atoms with Crippen molar-refractivity contribution < 1.29 is 0 Å². The molecule has 0 bridgehead atoms. The van der Waals surface area contributed by atoms with Gasteiger partial charge in [-0.15, -0.1) is 0 Å². The molecule has 1 N–H and O–H groups in total. The maximum absolute atomic E-state index is 4.88. The van der Waals surface area contributed by atoms with Gasteiger partial charge >= 0.3 is 0 Å². The molecule has 4 rings (SSSR count). The van der Waals surface area contributed by atoms with Gasteiger partial charge in [-0.05, 0) is 62.6 Å². The first kappa shape index (κ1) is 21.2. The maximum atomic E-state index is 4.88. The number of hydrogen-bond acceptors (Lipinski definition) is 5. The first-order valence-electron chi connectivity index (χ1n) is 10.9. The zero-order valence-electron chi connectivity index (χ0n) is 18.7. The molecule has 1 aromatic heterocycles. The van der Waals surface area contributed by atoms with Gasteiger partial charge in [-0.2, -0.15) is 0 Å². The number of nitrogens with one attached hydrogen (secondary N) is 1. The summed E-state index contributed by atoms with van der Waals surface area (Å²) in [4.78, 5) is 14.2. The van der Waals surface area contributed by atoms with Gasteiger partial charge in [0.1, 0.15) is 11.6 Å². The average molecular weight is 414 g/mol. The lowest BCUT2D eigenvalue weighted by atomic mass is 10.0. The Morgan fingerprint density at radius 3 is 2.35 bits per heavy atom. The lowest BCUT2D eigenvalue weighted by molar-refractivity contribution is 0.312. The third kappa shape index (κ3) is 5.37. The van der Waals surface area contributed by atoms with E-state index in [1.54, 1.807) is 0 Å². The number of benzene rings is 3. The molecule has 160 valence electrons. The third-order valence-corrected chi connectivity index (χ3v) is 5.46. The van der Waals surface area contributed by atoms with Crippen molar-refractivity contribution in [1.29, 1.82) is 0 Å². The molecule has 0 fully saturated rings.